The highest BCUT2D eigenvalue weighted by Crippen LogP contribution is 2.38. The van der Waals surface area contributed by atoms with E-state index in [1.165, 1.54) is 11.3 Å². The molecule has 1 unspecified atom stereocenters. The van der Waals surface area contributed by atoms with E-state index in [1.54, 1.807) is 12.1 Å². The first kappa shape index (κ1) is 12.5. The predicted molar refractivity (Wildman–Crippen MR) is 73.5 cm³/mol. The molecule has 1 atom stereocenters. The second-order valence-corrected chi connectivity index (χ2v) is 5.77. The van der Waals surface area contributed by atoms with Gasteiger partial charge in [0, 0.05) is 4.88 Å². The summed E-state index contributed by atoms with van der Waals surface area (Å²) >= 11 is 25.7. The summed E-state index contributed by atoms with van der Waals surface area (Å²) in [6, 6.07) is 7.17. The Hall–Kier alpha value is 0.0800. The van der Waals surface area contributed by atoms with Gasteiger partial charge in [-0.1, -0.05) is 40.9 Å². The standard InChI is InChI=1S/C11H6Cl4S/c12-7-2-1-6(5-9(7)14)10(15)11-8(13)3-4-16-11/h1-5,10H. The highest BCUT2D eigenvalue weighted by Gasteiger charge is 2.16. The van der Waals surface area contributed by atoms with Crippen LogP contribution in [0, 0.1) is 0 Å². The van der Waals surface area contributed by atoms with E-state index in [4.69, 9.17) is 46.4 Å². The van der Waals surface area contributed by atoms with E-state index in [1.807, 2.05) is 17.5 Å². The molecule has 0 aliphatic carbocycles. The van der Waals surface area contributed by atoms with Gasteiger partial charge in [0.05, 0.1) is 20.4 Å². The van der Waals surface area contributed by atoms with Crippen LogP contribution in [0.3, 0.4) is 0 Å². The van der Waals surface area contributed by atoms with E-state index in [0.29, 0.717) is 15.1 Å². The van der Waals surface area contributed by atoms with Crippen molar-refractivity contribution in [3.05, 3.63) is 55.2 Å². The van der Waals surface area contributed by atoms with Crippen molar-refractivity contribution in [2.45, 2.75) is 5.38 Å². The minimum atomic E-state index is -0.290. The van der Waals surface area contributed by atoms with Crippen molar-refractivity contribution in [1.82, 2.24) is 0 Å². The molecule has 0 nitrogen and oxygen atoms in total. The first-order valence-corrected chi connectivity index (χ1v) is 6.86. The monoisotopic (exact) mass is 310 g/mol. The molecule has 0 aliphatic rings. The van der Waals surface area contributed by atoms with Gasteiger partial charge in [0.15, 0.2) is 0 Å². The van der Waals surface area contributed by atoms with Gasteiger partial charge in [-0.25, -0.2) is 0 Å². The molecule has 1 aromatic carbocycles. The van der Waals surface area contributed by atoms with Crippen LogP contribution in [0.4, 0.5) is 0 Å². The van der Waals surface area contributed by atoms with Crippen LogP contribution >= 0.6 is 57.7 Å². The molecule has 84 valence electrons. The molecular formula is C11H6Cl4S. The number of thiophene rings is 1. The van der Waals surface area contributed by atoms with E-state index < -0.39 is 0 Å². The van der Waals surface area contributed by atoms with Crippen LogP contribution in [0.1, 0.15) is 15.8 Å². The Morgan fingerprint density at radius 3 is 2.25 bits per heavy atom. The van der Waals surface area contributed by atoms with Gasteiger partial charge in [-0.3, -0.25) is 0 Å². The molecular weight excluding hydrogens is 306 g/mol. The molecule has 0 aliphatic heterocycles. The third-order valence-corrected chi connectivity index (χ3v) is 4.87. The van der Waals surface area contributed by atoms with Gasteiger partial charge in [0.25, 0.3) is 0 Å². The van der Waals surface area contributed by atoms with E-state index >= 15 is 0 Å². The Balaban J connectivity index is 2.38. The number of halogens is 4. The zero-order valence-electron chi connectivity index (χ0n) is 7.88. The number of hydrogen-bond acceptors (Lipinski definition) is 1. The van der Waals surface area contributed by atoms with E-state index in [-0.39, 0.29) is 5.38 Å². The normalized spacial score (nSPS) is 12.8. The zero-order chi connectivity index (χ0) is 11.7. The van der Waals surface area contributed by atoms with Gasteiger partial charge in [-0.2, -0.15) is 0 Å². The third kappa shape index (κ3) is 2.49. The number of alkyl halides is 1. The number of benzene rings is 1. The Labute approximate surface area is 118 Å². The third-order valence-electron chi connectivity index (χ3n) is 2.11. The molecule has 1 heterocycles. The van der Waals surface area contributed by atoms with Gasteiger partial charge in [-0.15, -0.1) is 22.9 Å². The van der Waals surface area contributed by atoms with Crippen molar-refractivity contribution in [2.75, 3.05) is 0 Å². The molecule has 0 radical (unpaired) electrons. The van der Waals surface area contributed by atoms with Crippen molar-refractivity contribution < 1.29 is 0 Å². The summed E-state index contributed by atoms with van der Waals surface area (Å²) < 4.78 is 0. The Morgan fingerprint density at radius 2 is 1.69 bits per heavy atom. The fourth-order valence-electron chi connectivity index (χ4n) is 1.31. The second-order valence-electron chi connectivity index (χ2n) is 3.17. The predicted octanol–water partition coefficient (Wildman–Crippen LogP) is 6.04. The topological polar surface area (TPSA) is 0 Å². The maximum Gasteiger partial charge on any atom is 0.0943 e. The summed E-state index contributed by atoms with van der Waals surface area (Å²) in [5.41, 5.74) is 0.889. The quantitative estimate of drug-likeness (QED) is 0.593. The molecule has 5 heteroatoms. The molecule has 0 amide bonds. The smallest absolute Gasteiger partial charge is 0.0943 e. The number of rotatable bonds is 2. The van der Waals surface area contributed by atoms with Crippen LogP contribution < -0.4 is 0 Å². The fraction of sp³-hybridized carbons (Fsp3) is 0.0909. The van der Waals surface area contributed by atoms with Crippen molar-refractivity contribution in [3.63, 3.8) is 0 Å². The van der Waals surface area contributed by atoms with Crippen molar-refractivity contribution in [1.29, 1.82) is 0 Å². The highest BCUT2D eigenvalue weighted by atomic mass is 35.5. The summed E-state index contributed by atoms with van der Waals surface area (Å²) in [5.74, 6) is 0. The molecule has 0 spiro atoms. The minimum absolute atomic E-state index is 0.290. The summed E-state index contributed by atoms with van der Waals surface area (Å²) in [5, 5.41) is 3.31. The molecule has 0 saturated heterocycles. The molecule has 16 heavy (non-hydrogen) atoms. The molecule has 0 saturated carbocycles. The van der Waals surface area contributed by atoms with Crippen LogP contribution in [0.5, 0.6) is 0 Å². The maximum atomic E-state index is 6.33. The summed E-state index contributed by atoms with van der Waals surface area (Å²) in [4.78, 5) is 0.918. The van der Waals surface area contributed by atoms with E-state index in [0.717, 1.165) is 10.4 Å². The molecule has 0 bridgehead atoms. The van der Waals surface area contributed by atoms with Crippen molar-refractivity contribution in [3.8, 4) is 0 Å². The van der Waals surface area contributed by atoms with Gasteiger partial charge in [0.2, 0.25) is 0 Å². The molecule has 0 N–H and O–H groups in total. The Morgan fingerprint density at radius 1 is 0.938 bits per heavy atom. The lowest BCUT2D eigenvalue weighted by Gasteiger charge is -2.09. The zero-order valence-corrected chi connectivity index (χ0v) is 11.7. The van der Waals surface area contributed by atoms with Gasteiger partial charge >= 0.3 is 0 Å². The first-order chi connectivity index (χ1) is 7.59. The van der Waals surface area contributed by atoms with Crippen LogP contribution in [0.25, 0.3) is 0 Å². The SMILES string of the molecule is Clc1ccc(C(Cl)c2sccc2Cl)cc1Cl. The average Bonchev–Trinajstić information content (AvgIpc) is 2.67. The maximum absolute atomic E-state index is 6.33. The molecule has 2 rings (SSSR count). The highest BCUT2D eigenvalue weighted by molar-refractivity contribution is 7.11. The average molecular weight is 312 g/mol. The lowest BCUT2D eigenvalue weighted by atomic mass is 10.1. The molecule has 2 aromatic rings. The summed E-state index contributed by atoms with van der Waals surface area (Å²) in [7, 11) is 0. The largest absolute Gasteiger partial charge is 0.145 e. The van der Waals surface area contributed by atoms with Crippen LogP contribution in [0.2, 0.25) is 15.1 Å². The van der Waals surface area contributed by atoms with E-state index in [2.05, 4.69) is 0 Å². The van der Waals surface area contributed by atoms with Crippen LogP contribution in [0.15, 0.2) is 29.6 Å². The Kier molecular flexibility index (Phi) is 4.04. The summed E-state index contributed by atoms with van der Waals surface area (Å²) in [6.07, 6.45) is 0. The van der Waals surface area contributed by atoms with E-state index in [9.17, 15) is 0 Å². The van der Waals surface area contributed by atoms with Gasteiger partial charge in [0.1, 0.15) is 0 Å². The van der Waals surface area contributed by atoms with Crippen molar-refractivity contribution in [2.24, 2.45) is 0 Å². The Bertz CT molecular complexity index is 506. The minimum Gasteiger partial charge on any atom is -0.145 e. The second kappa shape index (κ2) is 5.16. The van der Waals surface area contributed by atoms with Crippen LogP contribution in [-0.4, -0.2) is 0 Å². The lowest BCUT2D eigenvalue weighted by molar-refractivity contribution is 1.18. The van der Waals surface area contributed by atoms with Gasteiger partial charge in [-0.05, 0) is 29.1 Å². The van der Waals surface area contributed by atoms with Crippen molar-refractivity contribution >= 4 is 57.7 Å². The first-order valence-electron chi connectivity index (χ1n) is 4.41. The van der Waals surface area contributed by atoms with Crippen LogP contribution in [-0.2, 0) is 0 Å². The number of hydrogen-bond donors (Lipinski definition) is 0. The summed E-state index contributed by atoms with van der Waals surface area (Å²) in [6.45, 7) is 0. The fourth-order valence-corrected chi connectivity index (χ4v) is 3.25. The van der Waals surface area contributed by atoms with Gasteiger partial charge < -0.3 is 0 Å². The molecule has 0 fully saturated rings. The lowest BCUT2D eigenvalue weighted by Crippen LogP contribution is -1.90. The molecule has 1 aromatic heterocycles.